The molecule has 3 aliphatic rings. The van der Waals surface area contributed by atoms with E-state index in [0.29, 0.717) is 30.8 Å². The molecule has 1 amide bonds. The lowest BCUT2D eigenvalue weighted by atomic mass is 9.94. The van der Waals surface area contributed by atoms with Crippen LogP contribution in [0.15, 0.2) is 42.0 Å². The van der Waals surface area contributed by atoms with E-state index in [4.69, 9.17) is 14.2 Å². The van der Waals surface area contributed by atoms with Gasteiger partial charge in [0.2, 0.25) is 0 Å². The number of amides is 1. The number of hydrogen-bond donors (Lipinski definition) is 2. The third kappa shape index (κ3) is 3.70. The summed E-state index contributed by atoms with van der Waals surface area (Å²) in [5.41, 5.74) is 1.86. The quantitative estimate of drug-likeness (QED) is 0.409. The maximum Gasteiger partial charge on any atom is 0.295 e. The van der Waals surface area contributed by atoms with Crippen LogP contribution < -0.4 is 9.47 Å². The van der Waals surface area contributed by atoms with Crippen molar-refractivity contribution in [2.24, 2.45) is 0 Å². The first-order valence-electron chi connectivity index (χ1n) is 11.0. The number of benzene rings is 2. The first kappa shape index (κ1) is 21.3. The van der Waals surface area contributed by atoms with E-state index in [2.05, 4.69) is 0 Å². The number of aromatic hydroxyl groups is 1. The molecular formula is C25H25NO7. The molecule has 0 aromatic heterocycles. The summed E-state index contributed by atoms with van der Waals surface area (Å²) in [6.45, 7) is 1.40. The smallest absolute Gasteiger partial charge is 0.295 e. The Balaban J connectivity index is 1.62. The van der Waals surface area contributed by atoms with Crippen molar-refractivity contribution in [3.63, 3.8) is 0 Å². The van der Waals surface area contributed by atoms with Crippen molar-refractivity contribution >= 4 is 17.4 Å². The highest BCUT2D eigenvalue weighted by molar-refractivity contribution is 6.46. The number of rotatable bonds is 5. The molecule has 0 radical (unpaired) electrons. The molecule has 5 rings (SSSR count). The second-order valence-electron chi connectivity index (χ2n) is 8.44. The molecule has 8 nitrogen and oxygen atoms in total. The zero-order valence-electron chi connectivity index (χ0n) is 18.2. The van der Waals surface area contributed by atoms with Gasteiger partial charge >= 0.3 is 0 Å². The molecule has 0 bridgehead atoms. The van der Waals surface area contributed by atoms with Gasteiger partial charge in [-0.1, -0.05) is 6.07 Å². The minimum absolute atomic E-state index is 0.0126. The SMILES string of the molecule is COc1ccc(C2/C(=C(/O)c3ccc4c(c3)CCO4)C(=O)C(=O)N2CC2CCCO2)cc1O. The van der Waals surface area contributed by atoms with Crippen molar-refractivity contribution in [2.45, 2.75) is 31.4 Å². The summed E-state index contributed by atoms with van der Waals surface area (Å²) >= 11 is 0. The third-order valence-electron chi connectivity index (χ3n) is 6.45. The van der Waals surface area contributed by atoms with Crippen molar-refractivity contribution in [1.82, 2.24) is 4.90 Å². The fourth-order valence-electron chi connectivity index (χ4n) is 4.79. The van der Waals surface area contributed by atoms with Gasteiger partial charge in [-0.05, 0) is 54.3 Å². The predicted molar refractivity (Wildman–Crippen MR) is 118 cm³/mol. The lowest BCUT2D eigenvalue weighted by Crippen LogP contribution is -2.36. The van der Waals surface area contributed by atoms with E-state index in [9.17, 15) is 19.8 Å². The number of hydrogen-bond acceptors (Lipinski definition) is 7. The number of ketones is 1. The highest BCUT2D eigenvalue weighted by Crippen LogP contribution is 2.42. The Hall–Kier alpha value is -3.52. The molecule has 3 heterocycles. The highest BCUT2D eigenvalue weighted by Gasteiger charge is 2.47. The van der Waals surface area contributed by atoms with Gasteiger partial charge in [-0.2, -0.15) is 0 Å². The zero-order chi connectivity index (χ0) is 23.1. The normalized spacial score (nSPS) is 23.6. The van der Waals surface area contributed by atoms with Crippen LogP contribution in [0.25, 0.3) is 5.76 Å². The molecule has 8 heteroatoms. The number of Topliss-reactive ketones (excluding diaryl/α,β-unsaturated/α-hetero) is 1. The average molecular weight is 451 g/mol. The van der Waals surface area contributed by atoms with Crippen LogP contribution in [-0.4, -0.2) is 59.8 Å². The number of aliphatic hydroxyl groups is 1. The van der Waals surface area contributed by atoms with Gasteiger partial charge in [-0.15, -0.1) is 0 Å². The second kappa shape index (κ2) is 8.44. The molecule has 3 aliphatic heterocycles. The van der Waals surface area contributed by atoms with Gasteiger partial charge < -0.3 is 29.3 Å². The van der Waals surface area contributed by atoms with Crippen LogP contribution in [0, 0.1) is 0 Å². The number of methoxy groups -OCH3 is 1. The number of carbonyl (C=O) groups excluding carboxylic acids is 2. The topological polar surface area (TPSA) is 106 Å². The molecule has 2 atom stereocenters. The van der Waals surface area contributed by atoms with Gasteiger partial charge in [-0.25, -0.2) is 0 Å². The summed E-state index contributed by atoms with van der Waals surface area (Å²) in [4.78, 5) is 27.7. The molecule has 0 spiro atoms. The van der Waals surface area contributed by atoms with Crippen molar-refractivity contribution in [2.75, 3.05) is 26.9 Å². The number of carbonyl (C=O) groups is 2. The maximum atomic E-state index is 13.2. The molecule has 2 saturated heterocycles. The Bertz CT molecular complexity index is 1150. The Kier molecular flexibility index (Phi) is 5.46. The van der Waals surface area contributed by atoms with Crippen LogP contribution in [0.3, 0.4) is 0 Å². The minimum atomic E-state index is -0.865. The average Bonchev–Trinajstić information content (AvgIpc) is 3.55. The number of likely N-dealkylation sites (tertiary alicyclic amines) is 1. The zero-order valence-corrected chi connectivity index (χ0v) is 18.2. The molecule has 2 aromatic rings. The summed E-state index contributed by atoms with van der Waals surface area (Å²) < 4.78 is 16.4. The Morgan fingerprint density at radius 2 is 2.03 bits per heavy atom. The lowest BCUT2D eigenvalue weighted by molar-refractivity contribution is -0.140. The highest BCUT2D eigenvalue weighted by atomic mass is 16.5. The molecule has 2 fully saturated rings. The molecule has 0 aliphatic carbocycles. The Labute approximate surface area is 191 Å². The van der Waals surface area contributed by atoms with E-state index >= 15 is 0 Å². The van der Waals surface area contributed by atoms with Crippen LogP contribution in [0.4, 0.5) is 0 Å². The van der Waals surface area contributed by atoms with Crippen LogP contribution in [0.5, 0.6) is 17.2 Å². The number of aliphatic hydroxyl groups excluding tert-OH is 1. The summed E-state index contributed by atoms with van der Waals surface area (Å²) in [5, 5.41) is 21.6. The number of phenolic OH excluding ortho intramolecular Hbond substituents is 1. The first-order valence-corrected chi connectivity index (χ1v) is 11.0. The maximum absolute atomic E-state index is 13.2. The monoisotopic (exact) mass is 451 g/mol. The fourth-order valence-corrected chi connectivity index (χ4v) is 4.79. The van der Waals surface area contributed by atoms with E-state index in [0.717, 1.165) is 24.2 Å². The fraction of sp³-hybridized carbons (Fsp3) is 0.360. The summed E-state index contributed by atoms with van der Waals surface area (Å²) in [7, 11) is 1.44. The number of fused-ring (bicyclic) bond motifs is 1. The first-order chi connectivity index (χ1) is 16.0. The van der Waals surface area contributed by atoms with Crippen molar-refractivity contribution < 1.29 is 34.0 Å². The van der Waals surface area contributed by atoms with Crippen LogP contribution in [0.1, 0.15) is 35.6 Å². The van der Waals surface area contributed by atoms with Crippen molar-refractivity contribution in [3.05, 3.63) is 58.7 Å². The van der Waals surface area contributed by atoms with E-state index < -0.39 is 17.7 Å². The minimum Gasteiger partial charge on any atom is -0.507 e. The Morgan fingerprint density at radius 1 is 1.18 bits per heavy atom. The number of phenols is 1. The number of nitrogens with zero attached hydrogens (tertiary/aromatic N) is 1. The molecular weight excluding hydrogens is 426 g/mol. The molecule has 2 aromatic carbocycles. The summed E-state index contributed by atoms with van der Waals surface area (Å²) in [6.07, 6.45) is 2.20. The van der Waals surface area contributed by atoms with E-state index in [-0.39, 0.29) is 35.5 Å². The molecule has 172 valence electrons. The van der Waals surface area contributed by atoms with Crippen LogP contribution in [-0.2, 0) is 20.7 Å². The predicted octanol–water partition coefficient (Wildman–Crippen LogP) is 2.94. The van der Waals surface area contributed by atoms with Gasteiger partial charge in [-0.3, -0.25) is 9.59 Å². The van der Waals surface area contributed by atoms with Crippen molar-refractivity contribution in [1.29, 1.82) is 0 Å². The molecule has 2 N–H and O–H groups in total. The van der Waals surface area contributed by atoms with Crippen LogP contribution >= 0.6 is 0 Å². The van der Waals surface area contributed by atoms with Gasteiger partial charge in [0.05, 0.1) is 31.4 Å². The van der Waals surface area contributed by atoms with Gasteiger partial charge in [0.15, 0.2) is 11.5 Å². The second-order valence-corrected chi connectivity index (χ2v) is 8.44. The van der Waals surface area contributed by atoms with E-state index in [1.54, 1.807) is 30.3 Å². The molecule has 2 unspecified atom stereocenters. The summed E-state index contributed by atoms with van der Waals surface area (Å²) in [6, 6.07) is 9.07. The lowest BCUT2D eigenvalue weighted by Gasteiger charge is -2.27. The van der Waals surface area contributed by atoms with Crippen molar-refractivity contribution in [3.8, 4) is 17.2 Å². The van der Waals surface area contributed by atoms with Gasteiger partial charge in [0.25, 0.3) is 11.7 Å². The third-order valence-corrected chi connectivity index (χ3v) is 6.45. The molecule has 33 heavy (non-hydrogen) atoms. The van der Waals surface area contributed by atoms with Gasteiger partial charge in [0.1, 0.15) is 11.5 Å². The van der Waals surface area contributed by atoms with Gasteiger partial charge in [0, 0.05) is 25.1 Å². The van der Waals surface area contributed by atoms with Crippen LogP contribution in [0.2, 0.25) is 0 Å². The Morgan fingerprint density at radius 3 is 2.76 bits per heavy atom. The summed E-state index contributed by atoms with van der Waals surface area (Å²) in [5.74, 6) is -0.805. The molecule has 0 saturated carbocycles. The van der Waals surface area contributed by atoms with E-state index in [1.807, 2.05) is 0 Å². The van der Waals surface area contributed by atoms with E-state index in [1.165, 1.54) is 18.1 Å². The standard InChI is InChI=1S/C25H25NO7/c1-31-20-7-4-15(12-18(20)27)22-21(23(28)16-5-6-19-14(11-16)8-10-33-19)24(29)25(30)26(22)13-17-3-2-9-32-17/h4-7,11-12,17,22,27-28H,2-3,8-10,13H2,1H3/b23-21-. The largest absolute Gasteiger partial charge is 0.507 e. The number of ether oxygens (including phenoxy) is 3.